The van der Waals surface area contributed by atoms with Gasteiger partial charge in [-0.3, -0.25) is 9.44 Å². The van der Waals surface area contributed by atoms with Gasteiger partial charge in [0.15, 0.2) is 0 Å². The van der Waals surface area contributed by atoms with E-state index in [0.717, 1.165) is 40.8 Å². The van der Waals surface area contributed by atoms with Gasteiger partial charge < -0.3 is 49.0 Å². The maximum Gasteiger partial charge on any atom is 0.495 e. The van der Waals surface area contributed by atoms with Crippen molar-refractivity contribution in [2.45, 2.75) is 127 Å². The summed E-state index contributed by atoms with van der Waals surface area (Å²) in [5.41, 5.74) is 4.27. The normalized spacial score (nSPS) is 21.0. The summed E-state index contributed by atoms with van der Waals surface area (Å²) in [6.45, 7) is 17.5. The number of rotatable bonds is 14. The van der Waals surface area contributed by atoms with E-state index in [1.54, 1.807) is 36.4 Å². The van der Waals surface area contributed by atoms with Gasteiger partial charge in [-0.1, -0.05) is 29.3 Å². The Morgan fingerprint density at radius 1 is 0.607 bits per heavy atom. The van der Waals surface area contributed by atoms with Crippen LogP contribution in [0.5, 0.6) is 0 Å². The number of pyridine rings is 2. The number of urea groups is 2. The molecule has 5 aliphatic heterocycles. The highest BCUT2D eigenvalue weighted by Gasteiger charge is 2.52. The molecule has 4 N–H and O–H groups in total. The number of nitrogens with zero attached hydrogens (tertiary/aromatic N) is 6. The molecule has 7 aliphatic rings. The Morgan fingerprint density at radius 2 is 1.03 bits per heavy atom. The molecular weight excluding hydrogens is 1250 g/mol. The first-order valence-electron chi connectivity index (χ1n) is 29.5. The highest BCUT2D eigenvalue weighted by atomic mass is 35.5. The van der Waals surface area contributed by atoms with E-state index in [-0.39, 0.29) is 50.0 Å². The average Bonchev–Trinajstić information content (AvgIpc) is 1.89. The van der Waals surface area contributed by atoms with Crippen LogP contribution in [0.4, 0.5) is 70.6 Å². The van der Waals surface area contributed by atoms with Crippen LogP contribution in [0.1, 0.15) is 90.2 Å². The number of hydrogen-bond acceptors (Lipinski definition) is 14. The number of carbonyl (C=O) groups is 2. The molecule has 0 unspecified atom stereocenters. The van der Waals surface area contributed by atoms with Crippen molar-refractivity contribution >= 4 is 104 Å². The van der Waals surface area contributed by atoms with Gasteiger partial charge in [0.05, 0.1) is 48.1 Å². The van der Waals surface area contributed by atoms with Crippen molar-refractivity contribution in [2.75, 3.05) is 109 Å². The second-order valence-corrected chi connectivity index (χ2v) is 28.8. The lowest BCUT2D eigenvalue weighted by atomic mass is 9.76. The maximum atomic E-state index is 12.8. The molecule has 11 rings (SSSR count). The fourth-order valence-electron chi connectivity index (χ4n) is 10.8. The first-order chi connectivity index (χ1) is 41.3. The Kier molecular flexibility index (Phi) is 22.0. The smallest absolute Gasteiger partial charge is 0.399 e. The maximum absolute atomic E-state index is 12.8. The third-order valence-corrected chi connectivity index (χ3v) is 20.6. The second kappa shape index (κ2) is 28.2. The zero-order valence-electron chi connectivity index (χ0n) is 50.5. The Morgan fingerprint density at radius 3 is 1.48 bits per heavy atom. The van der Waals surface area contributed by atoms with E-state index < -0.39 is 92.7 Å². The van der Waals surface area contributed by atoms with Crippen molar-refractivity contribution in [2.24, 2.45) is 11.8 Å². The van der Waals surface area contributed by atoms with Crippen LogP contribution in [0, 0.1) is 25.7 Å². The number of ether oxygens (including phenoxy) is 2. The number of hydrogen-bond donors (Lipinski definition) is 4. The van der Waals surface area contributed by atoms with Crippen LogP contribution in [0.25, 0.3) is 11.1 Å². The van der Waals surface area contributed by atoms with Crippen molar-refractivity contribution in [3.63, 3.8) is 0 Å². The summed E-state index contributed by atoms with van der Waals surface area (Å²) in [6.07, 6.45) is -6.85. The number of likely N-dealkylation sites (tertiary alicyclic amines) is 2. The minimum Gasteiger partial charge on any atom is -0.399 e. The van der Waals surface area contributed by atoms with Gasteiger partial charge in [-0.25, -0.2) is 36.4 Å². The third kappa shape index (κ3) is 19.1. The van der Waals surface area contributed by atoms with E-state index in [2.05, 4.69) is 30.0 Å². The molecule has 7 heterocycles. The zero-order valence-corrected chi connectivity index (χ0v) is 53.9. The molecule has 7 fully saturated rings. The van der Waals surface area contributed by atoms with Crippen LogP contribution in [0.15, 0.2) is 60.7 Å². The van der Waals surface area contributed by atoms with Crippen molar-refractivity contribution < 1.29 is 71.5 Å². The summed E-state index contributed by atoms with van der Waals surface area (Å²) >= 11 is 6.06. The summed E-state index contributed by atoms with van der Waals surface area (Å²) in [5.74, 6) is 0.658. The number of benzene rings is 2. The van der Waals surface area contributed by atoms with E-state index in [4.69, 9.17) is 30.4 Å². The zero-order chi connectivity index (χ0) is 63.6. The van der Waals surface area contributed by atoms with Gasteiger partial charge in [0, 0.05) is 87.7 Å². The highest BCUT2D eigenvalue weighted by molar-refractivity contribution is 7.93. The molecular formula is C58H78BClF6N10O10S3. The summed E-state index contributed by atoms with van der Waals surface area (Å²) in [4.78, 5) is 41.2. The van der Waals surface area contributed by atoms with Crippen molar-refractivity contribution in [1.29, 1.82) is 0 Å². The molecule has 2 atom stereocenters. The Bertz CT molecular complexity index is 3380. The van der Waals surface area contributed by atoms with Gasteiger partial charge in [0.25, 0.3) is 0 Å². The summed E-state index contributed by atoms with van der Waals surface area (Å²) in [6, 6.07) is 16.8. The number of aryl methyl sites for hydroxylation is 2. The molecule has 4 aromatic rings. The number of halogens is 7. The first-order valence-corrected chi connectivity index (χ1v) is 33.0. The molecule has 2 aliphatic carbocycles. The molecule has 0 radical (unpaired) electrons. The number of sulfonamides is 2. The second-order valence-electron chi connectivity index (χ2n) is 24.4. The number of carbonyl (C=O) groups excluding carboxylic acids is 2. The lowest BCUT2D eigenvalue weighted by molar-refractivity contribution is -0.144. The Balaban J connectivity index is 0.000000181. The van der Waals surface area contributed by atoms with Crippen LogP contribution in [-0.2, 0) is 38.8 Å². The number of nitrogens with one attached hydrogen (secondary N) is 4. The quantitative estimate of drug-likeness (QED) is 0.0681. The van der Waals surface area contributed by atoms with E-state index in [0.29, 0.717) is 113 Å². The number of aromatic nitrogens is 2. The standard InChI is InChI=1S/C26H32F3N5O4S.C20H28BF3N2O3.C12H16ClN3O3S.H2S/c1-17-2-3-20(30-25(35)34-7-6-18(16-34)15-26(27,28)29)14-22(17)19-12-23(32-39(36,37)21-4-5-21)31-24(13-19)33-8-10-38-11-9-33;1-13-6-7-15(10-16(13)21-28-18(2,3)19(4,5)29-21)25-17(27)26-9-8-14(12-26)11-20(22,23)24;13-9-7-11(15-20(17,18)10-1-2-10)14-12(8-9)16-3-5-19-6-4-16;/h2-3,12-14,18,21H,4-11,15-16H2,1H3,(H,30,35)(H,31,32);6-7,10,14H,8-9,11-12H2,1-5H3,(H,25,27);7-8,10H,1-6H2,(H,14,15);1H2/t18-;14-;;/m00../s1. The molecule has 2 aromatic carbocycles. The Labute approximate surface area is 528 Å². The number of morpholine rings is 2. The van der Waals surface area contributed by atoms with Crippen molar-refractivity contribution in [3.05, 3.63) is 76.8 Å². The van der Waals surface area contributed by atoms with Crippen LogP contribution < -0.4 is 35.3 Å². The fourth-order valence-corrected chi connectivity index (χ4v) is 13.6. The molecule has 4 amide bonds. The minimum atomic E-state index is -4.25. The topological polar surface area (TPSA) is 226 Å². The molecule has 89 heavy (non-hydrogen) atoms. The fraction of sp³-hybridized carbons (Fsp3) is 0.586. The van der Waals surface area contributed by atoms with Crippen molar-refractivity contribution in [1.82, 2.24) is 19.8 Å². The lowest BCUT2D eigenvalue weighted by Gasteiger charge is -2.32. The highest BCUT2D eigenvalue weighted by Crippen LogP contribution is 2.39. The first kappa shape index (κ1) is 69.4. The molecule has 0 bridgehead atoms. The predicted octanol–water partition coefficient (Wildman–Crippen LogP) is 10.3. The molecule has 0 spiro atoms. The van der Waals surface area contributed by atoms with Crippen LogP contribution in [-0.4, -0.2) is 169 Å². The van der Waals surface area contributed by atoms with Gasteiger partial charge in [-0.2, -0.15) is 39.8 Å². The number of amides is 4. The van der Waals surface area contributed by atoms with Gasteiger partial charge in [-0.05, 0) is 157 Å². The molecule has 5 saturated heterocycles. The third-order valence-electron chi connectivity index (χ3n) is 16.7. The summed E-state index contributed by atoms with van der Waals surface area (Å²) < 4.78 is 153. The molecule has 2 saturated carbocycles. The van der Waals surface area contributed by atoms with Gasteiger partial charge in [-0.15, -0.1) is 0 Å². The monoisotopic (exact) mass is 1330 g/mol. The number of alkyl halides is 6. The van der Waals surface area contributed by atoms with Crippen LogP contribution in [0.2, 0.25) is 5.02 Å². The Hall–Kier alpha value is -5.50. The summed E-state index contributed by atoms with van der Waals surface area (Å²) in [7, 11) is -7.41. The molecule has 490 valence electrons. The number of anilines is 6. The summed E-state index contributed by atoms with van der Waals surface area (Å²) in [5, 5.41) is 5.38. The van der Waals surface area contributed by atoms with E-state index in [1.807, 2.05) is 69.5 Å². The SMILES string of the molecule is Cc1ccc(NC(=O)N2CC[C@@H](CC(F)(F)F)C2)cc1-c1cc(NS(=O)(=O)C2CC2)nc(N2CCOCC2)c1.Cc1ccc(NC(=O)N2CC[C@@H](CC(F)(F)F)C2)cc1B1OC(C)(C)C(C)(C)O1.O=S(=O)(Nc1cc(Cl)cc(N2CCOCC2)n1)C1CC1.S. The lowest BCUT2D eigenvalue weighted by Crippen LogP contribution is -2.41. The van der Waals surface area contributed by atoms with E-state index >= 15 is 0 Å². The molecule has 31 heteroatoms. The molecule has 20 nitrogen and oxygen atoms in total. The molecule has 2 aromatic heterocycles. The predicted molar refractivity (Wildman–Crippen MR) is 337 cm³/mol. The van der Waals surface area contributed by atoms with Gasteiger partial charge >= 0.3 is 31.5 Å². The minimum absolute atomic E-state index is 0. The van der Waals surface area contributed by atoms with Gasteiger partial charge in [0.1, 0.15) is 23.3 Å². The van der Waals surface area contributed by atoms with E-state index in [1.165, 1.54) is 15.9 Å². The van der Waals surface area contributed by atoms with Crippen LogP contribution in [0.3, 0.4) is 0 Å². The van der Waals surface area contributed by atoms with Crippen LogP contribution >= 0.6 is 25.1 Å². The average molecular weight is 1330 g/mol. The van der Waals surface area contributed by atoms with Crippen molar-refractivity contribution in [3.8, 4) is 11.1 Å². The van der Waals surface area contributed by atoms with Gasteiger partial charge in [0.2, 0.25) is 20.0 Å². The van der Waals surface area contributed by atoms with E-state index in [9.17, 15) is 52.8 Å². The largest absolute Gasteiger partial charge is 0.495 e.